The van der Waals surface area contributed by atoms with Crippen LogP contribution in [0.3, 0.4) is 0 Å². The second-order valence-corrected chi connectivity index (χ2v) is 4.83. The average Bonchev–Trinajstić information content (AvgIpc) is 2.87. The van der Waals surface area contributed by atoms with Gasteiger partial charge in [0.25, 0.3) is 5.95 Å². The summed E-state index contributed by atoms with van der Waals surface area (Å²) < 4.78 is 39.3. The second-order valence-electron chi connectivity index (χ2n) is 4.49. The molecule has 2 rings (SSSR count). The lowest BCUT2D eigenvalue weighted by Crippen LogP contribution is -2.40. The predicted molar refractivity (Wildman–Crippen MR) is 70.5 cm³/mol. The Hall–Kier alpha value is -1.90. The standard InChI is InChI=1S/C11H12ClF3N6/c1-7(2)20(6-11(13,14)15)9-17-8(12)18-10(19-9)21-5-3-4-16-21/h3-5,7H,6H2,1-2H3. The molecule has 0 N–H and O–H groups in total. The van der Waals surface area contributed by atoms with Gasteiger partial charge in [-0.2, -0.15) is 33.2 Å². The summed E-state index contributed by atoms with van der Waals surface area (Å²) >= 11 is 5.78. The molecule has 2 aromatic rings. The van der Waals surface area contributed by atoms with Gasteiger partial charge in [-0.15, -0.1) is 0 Å². The maximum Gasteiger partial charge on any atom is 0.406 e. The monoisotopic (exact) mass is 320 g/mol. The van der Waals surface area contributed by atoms with Crippen molar-refractivity contribution in [2.75, 3.05) is 11.4 Å². The van der Waals surface area contributed by atoms with Gasteiger partial charge in [0.05, 0.1) is 0 Å². The van der Waals surface area contributed by atoms with Crippen LogP contribution >= 0.6 is 11.6 Å². The lowest BCUT2D eigenvalue weighted by Gasteiger charge is -2.27. The van der Waals surface area contributed by atoms with Crippen LogP contribution in [0.1, 0.15) is 13.8 Å². The molecule has 0 bridgehead atoms. The zero-order chi connectivity index (χ0) is 15.6. The van der Waals surface area contributed by atoms with Crippen LogP contribution in [0.25, 0.3) is 5.95 Å². The number of hydrogen-bond acceptors (Lipinski definition) is 5. The Balaban J connectivity index is 2.41. The third kappa shape index (κ3) is 4.03. The minimum Gasteiger partial charge on any atom is -0.329 e. The molecule has 0 unspecified atom stereocenters. The topological polar surface area (TPSA) is 59.7 Å². The van der Waals surface area contributed by atoms with Crippen molar-refractivity contribution < 1.29 is 13.2 Å². The van der Waals surface area contributed by atoms with Crippen molar-refractivity contribution >= 4 is 17.5 Å². The van der Waals surface area contributed by atoms with Crippen LogP contribution in [0.15, 0.2) is 18.5 Å². The Labute approximate surface area is 123 Å². The summed E-state index contributed by atoms with van der Waals surface area (Å²) in [7, 11) is 0. The van der Waals surface area contributed by atoms with Gasteiger partial charge in [-0.25, -0.2) is 4.68 Å². The fourth-order valence-corrected chi connectivity index (χ4v) is 1.78. The molecule has 0 aromatic carbocycles. The molecule has 10 heteroatoms. The Morgan fingerprint density at radius 1 is 1.29 bits per heavy atom. The normalized spacial score (nSPS) is 12.0. The van der Waals surface area contributed by atoms with E-state index in [-0.39, 0.29) is 17.2 Å². The number of alkyl halides is 3. The number of halogens is 4. The third-order valence-corrected chi connectivity index (χ3v) is 2.69. The van der Waals surface area contributed by atoms with Crippen molar-refractivity contribution in [1.29, 1.82) is 0 Å². The van der Waals surface area contributed by atoms with Crippen molar-refractivity contribution in [2.45, 2.75) is 26.1 Å². The van der Waals surface area contributed by atoms with Gasteiger partial charge in [-0.05, 0) is 31.5 Å². The van der Waals surface area contributed by atoms with Gasteiger partial charge in [-0.1, -0.05) is 0 Å². The fraction of sp³-hybridized carbons (Fsp3) is 0.455. The van der Waals surface area contributed by atoms with E-state index in [4.69, 9.17) is 11.6 Å². The van der Waals surface area contributed by atoms with Gasteiger partial charge in [0.2, 0.25) is 11.2 Å². The highest BCUT2D eigenvalue weighted by Crippen LogP contribution is 2.22. The smallest absolute Gasteiger partial charge is 0.329 e. The molecule has 0 radical (unpaired) electrons. The fourth-order valence-electron chi connectivity index (χ4n) is 1.62. The highest BCUT2D eigenvalue weighted by Gasteiger charge is 2.33. The van der Waals surface area contributed by atoms with E-state index in [1.165, 1.54) is 10.9 Å². The molecule has 21 heavy (non-hydrogen) atoms. The van der Waals surface area contributed by atoms with Gasteiger partial charge < -0.3 is 4.90 Å². The number of rotatable bonds is 4. The Morgan fingerprint density at radius 2 is 2.00 bits per heavy atom. The molecule has 0 fully saturated rings. The van der Waals surface area contributed by atoms with E-state index < -0.39 is 18.8 Å². The molecule has 0 aliphatic carbocycles. The zero-order valence-corrected chi connectivity index (χ0v) is 12.0. The maximum absolute atomic E-state index is 12.7. The van der Waals surface area contributed by atoms with E-state index in [0.717, 1.165) is 4.90 Å². The third-order valence-electron chi connectivity index (χ3n) is 2.52. The van der Waals surface area contributed by atoms with E-state index in [2.05, 4.69) is 20.1 Å². The van der Waals surface area contributed by atoms with E-state index in [9.17, 15) is 13.2 Å². The quantitative estimate of drug-likeness (QED) is 0.866. The Bertz CT molecular complexity index is 599. The summed E-state index contributed by atoms with van der Waals surface area (Å²) in [5.41, 5.74) is 0. The predicted octanol–water partition coefficient (Wildman–Crippen LogP) is 2.49. The van der Waals surface area contributed by atoms with Crippen molar-refractivity contribution in [3.05, 3.63) is 23.7 Å². The molecule has 0 aliphatic heterocycles. The van der Waals surface area contributed by atoms with Crippen LogP contribution in [0.2, 0.25) is 5.28 Å². The van der Waals surface area contributed by atoms with Crippen LogP contribution < -0.4 is 4.90 Å². The molecule has 0 spiro atoms. The summed E-state index contributed by atoms with van der Waals surface area (Å²) in [6.45, 7) is 2.04. The van der Waals surface area contributed by atoms with Gasteiger partial charge in [0, 0.05) is 18.4 Å². The van der Waals surface area contributed by atoms with E-state index in [1.807, 2.05) is 0 Å². The van der Waals surface area contributed by atoms with Gasteiger partial charge in [0.1, 0.15) is 6.54 Å². The zero-order valence-electron chi connectivity index (χ0n) is 11.2. The van der Waals surface area contributed by atoms with E-state index in [0.29, 0.717) is 0 Å². The molecule has 6 nitrogen and oxygen atoms in total. The largest absolute Gasteiger partial charge is 0.406 e. The van der Waals surface area contributed by atoms with E-state index in [1.54, 1.807) is 26.1 Å². The average molecular weight is 321 g/mol. The number of nitrogens with zero attached hydrogens (tertiary/aromatic N) is 6. The summed E-state index contributed by atoms with van der Waals surface area (Å²) in [4.78, 5) is 12.6. The van der Waals surface area contributed by atoms with Crippen molar-refractivity contribution in [3.63, 3.8) is 0 Å². The van der Waals surface area contributed by atoms with Gasteiger partial charge >= 0.3 is 6.18 Å². The molecule has 0 aliphatic rings. The van der Waals surface area contributed by atoms with Crippen LogP contribution in [0.5, 0.6) is 0 Å². The number of anilines is 1. The molecule has 0 amide bonds. The number of hydrogen-bond donors (Lipinski definition) is 0. The van der Waals surface area contributed by atoms with Crippen molar-refractivity contribution in [1.82, 2.24) is 24.7 Å². The molecular weight excluding hydrogens is 309 g/mol. The summed E-state index contributed by atoms with van der Waals surface area (Å²) in [5, 5.41) is 3.72. The highest BCUT2D eigenvalue weighted by molar-refractivity contribution is 6.28. The summed E-state index contributed by atoms with van der Waals surface area (Å²) in [6, 6.07) is 1.17. The number of aromatic nitrogens is 5. The van der Waals surface area contributed by atoms with Crippen LogP contribution in [-0.4, -0.2) is 43.5 Å². The first kappa shape index (κ1) is 15.5. The van der Waals surface area contributed by atoms with Crippen LogP contribution in [0, 0.1) is 0 Å². The lowest BCUT2D eigenvalue weighted by atomic mass is 10.3. The van der Waals surface area contributed by atoms with Gasteiger partial charge in [-0.3, -0.25) is 0 Å². The molecular formula is C11H12ClF3N6. The minimum atomic E-state index is -4.38. The Kier molecular flexibility index (Phi) is 4.31. The SMILES string of the molecule is CC(C)N(CC(F)(F)F)c1nc(Cl)nc(-n2cccn2)n1. The summed E-state index contributed by atoms with van der Waals surface area (Å²) in [5.74, 6) is -0.0874. The summed E-state index contributed by atoms with van der Waals surface area (Å²) in [6.07, 6.45) is -1.33. The molecule has 114 valence electrons. The first-order valence-corrected chi connectivity index (χ1v) is 6.39. The maximum atomic E-state index is 12.7. The second kappa shape index (κ2) is 5.84. The Morgan fingerprint density at radius 3 is 2.52 bits per heavy atom. The van der Waals surface area contributed by atoms with Crippen LogP contribution in [-0.2, 0) is 0 Å². The minimum absolute atomic E-state index is 0.0582. The molecule has 2 heterocycles. The molecule has 0 saturated heterocycles. The van der Waals surface area contributed by atoms with E-state index >= 15 is 0 Å². The molecule has 2 aromatic heterocycles. The van der Waals surface area contributed by atoms with Gasteiger partial charge in [0.15, 0.2) is 0 Å². The molecule has 0 atom stereocenters. The first-order chi connectivity index (χ1) is 9.76. The highest BCUT2D eigenvalue weighted by atomic mass is 35.5. The van der Waals surface area contributed by atoms with Crippen molar-refractivity contribution in [3.8, 4) is 5.95 Å². The van der Waals surface area contributed by atoms with Crippen LogP contribution in [0.4, 0.5) is 19.1 Å². The molecule has 0 saturated carbocycles. The lowest BCUT2D eigenvalue weighted by molar-refractivity contribution is -0.120. The first-order valence-electron chi connectivity index (χ1n) is 6.01. The van der Waals surface area contributed by atoms with Crippen molar-refractivity contribution in [2.24, 2.45) is 0 Å².